The van der Waals surface area contributed by atoms with Gasteiger partial charge in [-0.2, -0.15) is 11.1 Å². The highest BCUT2D eigenvalue weighted by atomic mass is 16.7. The van der Waals surface area contributed by atoms with Crippen LogP contribution < -0.4 is 31.4 Å². The first-order valence-electron chi connectivity index (χ1n) is 8.76. The van der Waals surface area contributed by atoms with E-state index >= 15 is 0 Å². The Bertz CT molecular complexity index is 984. The molecule has 2 aliphatic rings. The number of pyridine rings is 1. The second kappa shape index (κ2) is 6.64. The van der Waals surface area contributed by atoms with Gasteiger partial charge in [0, 0.05) is 17.5 Å². The second-order valence-corrected chi connectivity index (χ2v) is 6.47. The summed E-state index contributed by atoms with van der Waals surface area (Å²) in [5.74, 6) is 1.59. The molecule has 0 aliphatic carbocycles. The van der Waals surface area contributed by atoms with Crippen LogP contribution in [0.1, 0.15) is 17.4 Å². The Hall–Kier alpha value is -2.97. The molecule has 136 valence electrons. The van der Waals surface area contributed by atoms with Crippen LogP contribution in [0.25, 0.3) is 22.3 Å². The third-order valence-corrected chi connectivity index (χ3v) is 4.88. The Morgan fingerprint density at radius 2 is 1.56 bits per heavy atom. The molecule has 2 aliphatic heterocycles. The lowest BCUT2D eigenvalue weighted by atomic mass is 9.95. The fourth-order valence-corrected chi connectivity index (χ4v) is 3.51. The van der Waals surface area contributed by atoms with E-state index in [1.54, 1.807) is 0 Å². The van der Waals surface area contributed by atoms with E-state index in [0.29, 0.717) is 0 Å². The molecular formula is C20H19N5O2. The summed E-state index contributed by atoms with van der Waals surface area (Å²) in [5.41, 5.74) is 18.6. The zero-order valence-corrected chi connectivity index (χ0v) is 14.7. The van der Waals surface area contributed by atoms with Crippen LogP contribution >= 0.6 is 0 Å². The number of nitrogens with zero attached hydrogens (tertiary/aromatic N) is 1. The molecule has 0 unspecified atom stereocenters. The summed E-state index contributed by atoms with van der Waals surface area (Å²) in [4.78, 5) is 4.45. The van der Waals surface area contributed by atoms with Crippen molar-refractivity contribution in [2.24, 2.45) is 0 Å². The molecule has 0 radical (unpaired) electrons. The smallest absolute Gasteiger partial charge is 0.231 e. The van der Waals surface area contributed by atoms with Gasteiger partial charge in [0.15, 0.2) is 11.5 Å². The number of hydrogen-bond donors (Lipinski definition) is 4. The van der Waals surface area contributed by atoms with Gasteiger partial charge in [-0.15, -0.1) is 0 Å². The Balaban J connectivity index is 1.50. The summed E-state index contributed by atoms with van der Waals surface area (Å²) in [6.45, 7) is 2.30. The average Bonchev–Trinajstić information content (AvgIpc) is 3.39. The number of ether oxygens (including phenoxy) is 2. The number of nitrogens with one attached hydrogen (secondary N) is 4. The number of aryl methyl sites for hydroxylation is 1. The van der Waals surface area contributed by atoms with E-state index in [-0.39, 0.29) is 13.0 Å². The maximum absolute atomic E-state index is 5.48. The van der Waals surface area contributed by atoms with Gasteiger partial charge < -0.3 is 9.47 Å². The Kier molecular flexibility index (Phi) is 3.99. The van der Waals surface area contributed by atoms with Crippen molar-refractivity contribution in [3.05, 3.63) is 66.0 Å². The number of benzene rings is 2. The first-order valence-corrected chi connectivity index (χ1v) is 8.76. The van der Waals surface area contributed by atoms with Crippen molar-refractivity contribution in [3.8, 4) is 33.8 Å². The Morgan fingerprint density at radius 1 is 0.852 bits per heavy atom. The lowest BCUT2D eigenvalue weighted by Crippen LogP contribution is -2.33. The predicted molar refractivity (Wildman–Crippen MR) is 101 cm³/mol. The van der Waals surface area contributed by atoms with Crippen molar-refractivity contribution >= 4 is 0 Å². The summed E-state index contributed by atoms with van der Waals surface area (Å²) in [7, 11) is 0. The zero-order chi connectivity index (χ0) is 18.2. The molecule has 7 nitrogen and oxygen atoms in total. The number of hydrazine groups is 3. The van der Waals surface area contributed by atoms with Gasteiger partial charge >= 0.3 is 0 Å². The van der Waals surface area contributed by atoms with Crippen molar-refractivity contribution in [2.45, 2.75) is 13.1 Å². The Morgan fingerprint density at radius 3 is 2.37 bits per heavy atom. The molecular weight excluding hydrogens is 342 g/mol. The minimum Gasteiger partial charge on any atom is -0.454 e. The van der Waals surface area contributed by atoms with Crippen LogP contribution in [0, 0.1) is 6.92 Å². The minimum atomic E-state index is -0.0674. The molecule has 0 saturated carbocycles. The van der Waals surface area contributed by atoms with Gasteiger partial charge in [0.25, 0.3) is 0 Å². The van der Waals surface area contributed by atoms with E-state index in [1.165, 1.54) is 0 Å². The van der Waals surface area contributed by atoms with Crippen molar-refractivity contribution < 1.29 is 9.47 Å². The monoisotopic (exact) mass is 361 g/mol. The lowest BCUT2D eigenvalue weighted by Gasteiger charge is -2.17. The molecule has 0 atom stereocenters. The summed E-state index contributed by atoms with van der Waals surface area (Å²) < 4.78 is 10.9. The van der Waals surface area contributed by atoms with Crippen LogP contribution in [0.3, 0.4) is 0 Å². The van der Waals surface area contributed by atoms with Crippen LogP contribution in [0.4, 0.5) is 0 Å². The topological polar surface area (TPSA) is 79.5 Å². The van der Waals surface area contributed by atoms with E-state index in [2.05, 4.69) is 51.2 Å². The SMILES string of the molecule is Cc1nccc(-c2ccc(-c3ccc4c(c3)OCO4)cc2)c1C1NNNN1. The predicted octanol–water partition coefficient (Wildman–Crippen LogP) is 2.57. The summed E-state index contributed by atoms with van der Waals surface area (Å²) in [6, 6.07) is 16.6. The molecule has 3 heterocycles. The van der Waals surface area contributed by atoms with Gasteiger partial charge in [-0.05, 0) is 47.4 Å². The maximum Gasteiger partial charge on any atom is 0.231 e. The molecule has 27 heavy (non-hydrogen) atoms. The highest BCUT2D eigenvalue weighted by Crippen LogP contribution is 2.37. The standard InChI is InChI=1S/C20H19N5O2/c1-12-19(20-22-24-25-23-20)16(8-9-21-12)14-4-2-13(3-5-14)15-6-7-17-18(10-15)27-11-26-17/h2-10,20,22-25H,11H2,1H3. The number of hydrogen-bond acceptors (Lipinski definition) is 7. The molecule has 4 N–H and O–H groups in total. The summed E-state index contributed by atoms with van der Waals surface area (Å²) in [5, 5.41) is 0. The first kappa shape index (κ1) is 16.2. The van der Waals surface area contributed by atoms with E-state index < -0.39 is 0 Å². The van der Waals surface area contributed by atoms with E-state index in [4.69, 9.17) is 9.47 Å². The summed E-state index contributed by atoms with van der Waals surface area (Å²) in [6.07, 6.45) is 1.78. The van der Waals surface area contributed by atoms with Gasteiger partial charge in [-0.3, -0.25) is 4.98 Å². The van der Waals surface area contributed by atoms with Gasteiger partial charge in [0.05, 0.1) is 0 Å². The van der Waals surface area contributed by atoms with Crippen molar-refractivity contribution in [1.29, 1.82) is 0 Å². The van der Waals surface area contributed by atoms with E-state index in [9.17, 15) is 0 Å². The molecule has 1 fully saturated rings. The third kappa shape index (κ3) is 2.92. The van der Waals surface area contributed by atoms with E-state index in [1.807, 2.05) is 37.4 Å². The molecule has 5 rings (SSSR count). The van der Waals surface area contributed by atoms with Crippen LogP contribution in [0.15, 0.2) is 54.7 Å². The highest BCUT2D eigenvalue weighted by Gasteiger charge is 2.22. The lowest BCUT2D eigenvalue weighted by molar-refractivity contribution is 0.174. The van der Waals surface area contributed by atoms with Crippen molar-refractivity contribution in [2.75, 3.05) is 6.79 Å². The normalized spacial score (nSPS) is 16.0. The Labute approximate surface area is 156 Å². The zero-order valence-electron chi connectivity index (χ0n) is 14.7. The highest BCUT2D eigenvalue weighted by molar-refractivity contribution is 5.74. The van der Waals surface area contributed by atoms with Crippen LogP contribution in [0.5, 0.6) is 11.5 Å². The molecule has 1 aromatic heterocycles. The van der Waals surface area contributed by atoms with Crippen molar-refractivity contribution in [3.63, 3.8) is 0 Å². The van der Waals surface area contributed by atoms with Gasteiger partial charge in [0.2, 0.25) is 6.79 Å². The molecule has 0 spiro atoms. The third-order valence-electron chi connectivity index (χ3n) is 4.88. The molecule has 0 bridgehead atoms. The number of fused-ring (bicyclic) bond motifs is 1. The largest absolute Gasteiger partial charge is 0.454 e. The van der Waals surface area contributed by atoms with Crippen LogP contribution in [-0.2, 0) is 0 Å². The first-order chi connectivity index (χ1) is 13.3. The summed E-state index contributed by atoms with van der Waals surface area (Å²) >= 11 is 0. The van der Waals surface area contributed by atoms with Gasteiger partial charge in [-0.25, -0.2) is 10.9 Å². The quantitative estimate of drug-likeness (QED) is 0.571. The van der Waals surface area contributed by atoms with Crippen LogP contribution in [0.2, 0.25) is 0 Å². The number of rotatable bonds is 3. The second-order valence-electron chi connectivity index (χ2n) is 6.47. The molecule has 0 amide bonds. The van der Waals surface area contributed by atoms with Gasteiger partial charge in [0.1, 0.15) is 6.17 Å². The molecule has 3 aromatic rings. The van der Waals surface area contributed by atoms with Gasteiger partial charge in [-0.1, -0.05) is 30.3 Å². The fraction of sp³-hybridized carbons (Fsp3) is 0.150. The minimum absolute atomic E-state index is 0.0674. The average molecular weight is 361 g/mol. The molecule has 1 saturated heterocycles. The maximum atomic E-state index is 5.48. The molecule has 7 heteroatoms. The number of aromatic nitrogens is 1. The van der Waals surface area contributed by atoms with Crippen LogP contribution in [-0.4, -0.2) is 11.8 Å². The fourth-order valence-electron chi connectivity index (χ4n) is 3.51. The molecule has 2 aromatic carbocycles. The van der Waals surface area contributed by atoms with E-state index in [0.717, 1.165) is 45.0 Å². The van der Waals surface area contributed by atoms with Crippen molar-refractivity contribution in [1.82, 2.24) is 26.9 Å².